The molecule has 4 heteroatoms. The number of hydrogen-bond donors (Lipinski definition) is 1. The Bertz CT molecular complexity index is 657. The maximum atomic E-state index is 10.7. The molecule has 0 amide bonds. The molecule has 0 aliphatic rings. The van der Waals surface area contributed by atoms with Crippen molar-refractivity contribution in [2.45, 2.75) is 40.5 Å². The zero-order valence-electron chi connectivity index (χ0n) is 12.4. The number of carboxylic acid groups (broad SMARTS) is 1. The predicted octanol–water partition coefficient (Wildman–Crippen LogP) is 3.12. The van der Waals surface area contributed by atoms with Crippen LogP contribution >= 0.6 is 0 Å². The van der Waals surface area contributed by atoms with Crippen LogP contribution in [0.3, 0.4) is 0 Å². The van der Waals surface area contributed by atoms with E-state index in [9.17, 15) is 4.79 Å². The number of benzene rings is 1. The smallest absolute Gasteiger partial charge is 0.303 e. The van der Waals surface area contributed by atoms with Crippen molar-refractivity contribution < 1.29 is 9.90 Å². The number of hydrogen-bond acceptors (Lipinski definition) is 2. The largest absolute Gasteiger partial charge is 0.481 e. The van der Waals surface area contributed by atoms with E-state index in [-0.39, 0.29) is 6.42 Å². The third-order valence-corrected chi connectivity index (χ3v) is 3.65. The Hall–Kier alpha value is -2.10. The van der Waals surface area contributed by atoms with Crippen LogP contribution in [0.2, 0.25) is 0 Å². The van der Waals surface area contributed by atoms with Crippen LogP contribution < -0.4 is 0 Å². The number of rotatable bonds is 4. The topological polar surface area (TPSA) is 55.1 Å². The fraction of sp³-hybridized carbons (Fsp3) is 0.375. The van der Waals surface area contributed by atoms with Crippen LogP contribution in [0.25, 0.3) is 5.69 Å². The minimum absolute atomic E-state index is 0.156. The highest BCUT2D eigenvalue weighted by Crippen LogP contribution is 2.22. The molecule has 4 nitrogen and oxygen atoms in total. The zero-order valence-corrected chi connectivity index (χ0v) is 12.4. The van der Waals surface area contributed by atoms with Gasteiger partial charge >= 0.3 is 5.97 Å². The normalized spacial score (nSPS) is 10.8. The number of imidazole rings is 1. The van der Waals surface area contributed by atoms with Gasteiger partial charge in [0.15, 0.2) is 0 Å². The van der Waals surface area contributed by atoms with Gasteiger partial charge in [-0.25, -0.2) is 4.98 Å². The second-order valence-electron chi connectivity index (χ2n) is 5.18. The Labute approximate surface area is 119 Å². The molecule has 106 valence electrons. The first kappa shape index (κ1) is 14.3. The van der Waals surface area contributed by atoms with Crippen LogP contribution in [0.5, 0.6) is 0 Å². The van der Waals surface area contributed by atoms with Gasteiger partial charge in [0.25, 0.3) is 0 Å². The summed E-state index contributed by atoms with van der Waals surface area (Å²) in [5, 5.41) is 8.79. The van der Waals surface area contributed by atoms with E-state index in [0.717, 1.165) is 34.0 Å². The molecule has 2 aromatic rings. The molecule has 0 bridgehead atoms. The zero-order chi connectivity index (χ0) is 14.9. The summed E-state index contributed by atoms with van der Waals surface area (Å²) in [4.78, 5) is 15.2. The molecule has 2 rings (SSSR count). The first-order valence-corrected chi connectivity index (χ1v) is 6.74. The van der Waals surface area contributed by atoms with Gasteiger partial charge in [-0.15, -0.1) is 0 Å². The van der Waals surface area contributed by atoms with E-state index in [1.165, 1.54) is 0 Å². The Balaban J connectivity index is 2.45. The van der Waals surface area contributed by atoms with Gasteiger partial charge in [0, 0.05) is 12.1 Å². The molecule has 20 heavy (non-hydrogen) atoms. The van der Waals surface area contributed by atoms with E-state index in [0.29, 0.717) is 6.42 Å². The van der Waals surface area contributed by atoms with E-state index < -0.39 is 5.97 Å². The predicted molar refractivity (Wildman–Crippen MR) is 78.5 cm³/mol. The van der Waals surface area contributed by atoms with Crippen LogP contribution in [0, 0.1) is 27.7 Å². The van der Waals surface area contributed by atoms with Crippen molar-refractivity contribution in [2.24, 2.45) is 0 Å². The van der Waals surface area contributed by atoms with Gasteiger partial charge in [0.2, 0.25) is 0 Å². The molecule has 0 saturated heterocycles. The SMILES string of the molecule is Cc1ccc(CCC(=O)O)cc1-n1c(C)nc(C)c1C. The van der Waals surface area contributed by atoms with Crippen LogP contribution in [0.1, 0.15) is 34.8 Å². The quantitative estimate of drug-likeness (QED) is 0.930. The summed E-state index contributed by atoms with van der Waals surface area (Å²) in [6.45, 7) is 8.11. The first-order valence-electron chi connectivity index (χ1n) is 6.74. The fourth-order valence-corrected chi connectivity index (χ4v) is 2.44. The monoisotopic (exact) mass is 272 g/mol. The number of aryl methyl sites for hydroxylation is 4. The molecule has 1 N–H and O–H groups in total. The summed E-state index contributed by atoms with van der Waals surface area (Å²) < 4.78 is 2.13. The van der Waals surface area contributed by atoms with Gasteiger partial charge in [0.1, 0.15) is 5.82 Å². The summed E-state index contributed by atoms with van der Waals surface area (Å²) in [5.74, 6) is 0.191. The van der Waals surface area contributed by atoms with Crippen molar-refractivity contribution in [2.75, 3.05) is 0 Å². The highest BCUT2D eigenvalue weighted by atomic mass is 16.4. The van der Waals surface area contributed by atoms with E-state index in [1.54, 1.807) is 0 Å². The summed E-state index contributed by atoms with van der Waals surface area (Å²) in [6.07, 6.45) is 0.706. The van der Waals surface area contributed by atoms with E-state index in [1.807, 2.05) is 26.0 Å². The average Bonchev–Trinajstić information content (AvgIpc) is 2.63. The molecule has 0 aliphatic carbocycles. The van der Waals surface area contributed by atoms with Crippen LogP contribution in [0.15, 0.2) is 18.2 Å². The summed E-state index contributed by atoms with van der Waals surface area (Å²) >= 11 is 0. The number of carboxylic acids is 1. The molecule has 0 fully saturated rings. The summed E-state index contributed by atoms with van der Waals surface area (Å²) in [5.41, 5.74) is 5.44. The van der Waals surface area contributed by atoms with Gasteiger partial charge in [-0.05, 0) is 51.3 Å². The van der Waals surface area contributed by atoms with Gasteiger partial charge in [-0.3, -0.25) is 4.79 Å². The molecule has 1 aromatic carbocycles. The second-order valence-corrected chi connectivity index (χ2v) is 5.18. The lowest BCUT2D eigenvalue weighted by Gasteiger charge is -2.13. The molecule has 0 saturated carbocycles. The molecular weight excluding hydrogens is 252 g/mol. The molecule has 0 aliphatic heterocycles. The minimum Gasteiger partial charge on any atom is -0.481 e. The minimum atomic E-state index is -0.766. The molecular formula is C16H20N2O2. The Morgan fingerprint density at radius 1 is 1.25 bits per heavy atom. The highest BCUT2D eigenvalue weighted by Gasteiger charge is 2.12. The number of carbonyl (C=O) groups is 1. The van der Waals surface area contributed by atoms with E-state index in [2.05, 4.69) is 29.5 Å². The molecule has 0 radical (unpaired) electrons. The summed E-state index contributed by atoms with van der Waals surface area (Å²) in [7, 11) is 0. The first-order chi connectivity index (χ1) is 9.40. The Morgan fingerprint density at radius 3 is 2.50 bits per heavy atom. The van der Waals surface area contributed by atoms with Gasteiger partial charge in [-0.1, -0.05) is 12.1 Å². The lowest BCUT2D eigenvalue weighted by molar-refractivity contribution is -0.136. The van der Waals surface area contributed by atoms with Crippen molar-refractivity contribution in [3.8, 4) is 5.69 Å². The fourth-order valence-electron chi connectivity index (χ4n) is 2.44. The molecule has 1 aromatic heterocycles. The van der Waals surface area contributed by atoms with Crippen molar-refractivity contribution in [3.05, 3.63) is 46.5 Å². The van der Waals surface area contributed by atoms with Crippen LogP contribution in [-0.2, 0) is 11.2 Å². The average molecular weight is 272 g/mol. The standard InChI is InChI=1S/C16H20N2O2/c1-10-5-6-14(7-8-16(19)20)9-15(10)18-12(3)11(2)17-13(18)4/h5-6,9H,7-8H2,1-4H3,(H,19,20). The lowest BCUT2D eigenvalue weighted by atomic mass is 10.1. The number of nitrogens with zero attached hydrogens (tertiary/aromatic N) is 2. The van der Waals surface area contributed by atoms with Crippen molar-refractivity contribution in [1.29, 1.82) is 0 Å². The van der Waals surface area contributed by atoms with Crippen LogP contribution in [-0.4, -0.2) is 20.6 Å². The van der Waals surface area contributed by atoms with Gasteiger partial charge in [-0.2, -0.15) is 0 Å². The Kier molecular flexibility index (Phi) is 3.93. The Morgan fingerprint density at radius 2 is 1.95 bits per heavy atom. The van der Waals surface area contributed by atoms with Gasteiger partial charge < -0.3 is 9.67 Å². The summed E-state index contributed by atoms with van der Waals surface area (Å²) in [6, 6.07) is 6.11. The second kappa shape index (κ2) is 5.49. The van der Waals surface area contributed by atoms with Crippen molar-refractivity contribution in [1.82, 2.24) is 9.55 Å². The molecule has 0 unspecified atom stereocenters. The third-order valence-electron chi connectivity index (χ3n) is 3.65. The molecule has 0 atom stereocenters. The lowest BCUT2D eigenvalue weighted by Crippen LogP contribution is -2.04. The van der Waals surface area contributed by atoms with E-state index >= 15 is 0 Å². The van der Waals surface area contributed by atoms with Gasteiger partial charge in [0.05, 0.1) is 11.4 Å². The van der Waals surface area contributed by atoms with Crippen molar-refractivity contribution >= 4 is 5.97 Å². The highest BCUT2D eigenvalue weighted by molar-refractivity contribution is 5.67. The van der Waals surface area contributed by atoms with Crippen LogP contribution in [0.4, 0.5) is 0 Å². The maximum Gasteiger partial charge on any atom is 0.303 e. The number of aromatic nitrogens is 2. The maximum absolute atomic E-state index is 10.7. The van der Waals surface area contributed by atoms with E-state index in [4.69, 9.17) is 5.11 Å². The van der Waals surface area contributed by atoms with Crippen molar-refractivity contribution in [3.63, 3.8) is 0 Å². The third kappa shape index (κ3) is 2.74. The molecule has 1 heterocycles. The number of aliphatic carboxylic acids is 1. The molecule has 0 spiro atoms.